The van der Waals surface area contributed by atoms with Crippen molar-refractivity contribution in [3.63, 3.8) is 0 Å². The average Bonchev–Trinajstić information content (AvgIpc) is 2.82. The number of amidine groups is 1. The van der Waals surface area contributed by atoms with Gasteiger partial charge in [-0.3, -0.25) is 5.41 Å². The lowest BCUT2D eigenvalue weighted by molar-refractivity contribution is 0.147. The van der Waals surface area contributed by atoms with Crippen LogP contribution in [0.3, 0.4) is 0 Å². The summed E-state index contributed by atoms with van der Waals surface area (Å²) in [6.07, 6.45) is -0.472. The van der Waals surface area contributed by atoms with E-state index in [1.165, 1.54) is 11.1 Å². The van der Waals surface area contributed by atoms with Crippen molar-refractivity contribution >= 4 is 12.1 Å². The molecule has 1 heterocycles. The Morgan fingerprint density at radius 1 is 1.04 bits per heavy atom. The largest absolute Gasteiger partial charge is 0.463 e. The molecule has 1 amide bonds. The number of amides is 1. The van der Waals surface area contributed by atoms with Gasteiger partial charge in [0, 0.05) is 13.1 Å². The number of alkyl carbamates (subject to hydrolysis) is 1. The van der Waals surface area contributed by atoms with E-state index in [1.807, 2.05) is 29.2 Å². The van der Waals surface area contributed by atoms with Crippen LogP contribution in [-0.2, 0) is 22.6 Å². The quantitative estimate of drug-likeness (QED) is 0.502. The second kappa shape index (κ2) is 8.38. The molecule has 2 aromatic carbocycles. The zero-order valence-corrected chi connectivity index (χ0v) is 14.8. The smallest absolute Gasteiger partial charge is 0.407 e. The van der Waals surface area contributed by atoms with E-state index in [0.717, 1.165) is 11.1 Å². The second-order valence-corrected chi connectivity index (χ2v) is 5.97. The number of nitrogens with one attached hydrogen (secondary N) is 2. The fourth-order valence-electron chi connectivity index (χ4n) is 3.03. The number of nitrogens with zero attached hydrogens (tertiary/aromatic N) is 1. The molecule has 1 aliphatic heterocycles. The molecule has 1 aliphatic rings. The first-order valence-corrected chi connectivity index (χ1v) is 8.72. The van der Waals surface area contributed by atoms with Gasteiger partial charge < -0.3 is 19.7 Å². The summed E-state index contributed by atoms with van der Waals surface area (Å²) in [5, 5.41) is 10.9. The summed E-state index contributed by atoms with van der Waals surface area (Å²) in [7, 11) is 0. The van der Waals surface area contributed by atoms with Gasteiger partial charge in [-0.2, -0.15) is 0 Å². The van der Waals surface area contributed by atoms with Crippen LogP contribution in [0.2, 0.25) is 0 Å². The number of ether oxygens (including phenoxy) is 2. The van der Waals surface area contributed by atoms with Gasteiger partial charge in [0.15, 0.2) is 0 Å². The highest BCUT2D eigenvalue weighted by Crippen LogP contribution is 2.32. The Kier molecular flexibility index (Phi) is 5.73. The molecule has 2 aromatic rings. The summed E-state index contributed by atoms with van der Waals surface area (Å²) >= 11 is 0. The molecule has 26 heavy (non-hydrogen) atoms. The zero-order valence-electron chi connectivity index (χ0n) is 14.8. The number of rotatable bonds is 4. The maximum absolute atomic E-state index is 11.3. The van der Waals surface area contributed by atoms with Gasteiger partial charge in [-0.05, 0) is 29.2 Å². The molecule has 6 nitrogen and oxygen atoms in total. The van der Waals surface area contributed by atoms with E-state index in [-0.39, 0.29) is 12.6 Å². The van der Waals surface area contributed by atoms with Crippen LogP contribution in [0.1, 0.15) is 18.1 Å². The second-order valence-electron chi connectivity index (χ2n) is 5.97. The van der Waals surface area contributed by atoms with Crippen LogP contribution in [0.4, 0.5) is 4.79 Å². The van der Waals surface area contributed by atoms with Crippen LogP contribution >= 0.6 is 0 Å². The molecule has 2 N–H and O–H groups in total. The highest BCUT2D eigenvalue weighted by molar-refractivity contribution is 5.76. The van der Waals surface area contributed by atoms with Crippen LogP contribution in [0, 0.1) is 5.41 Å². The highest BCUT2D eigenvalue weighted by atomic mass is 16.5. The molecule has 136 valence electrons. The van der Waals surface area contributed by atoms with Crippen LogP contribution in [0.5, 0.6) is 0 Å². The van der Waals surface area contributed by atoms with Gasteiger partial charge in [0.1, 0.15) is 6.61 Å². The lowest BCUT2D eigenvalue weighted by atomic mass is 9.97. The van der Waals surface area contributed by atoms with Gasteiger partial charge in [0.2, 0.25) is 0 Å². The summed E-state index contributed by atoms with van der Waals surface area (Å²) in [4.78, 5) is 13.2. The minimum absolute atomic E-state index is 0.0992. The van der Waals surface area contributed by atoms with Gasteiger partial charge >= 0.3 is 6.09 Å². The first-order valence-electron chi connectivity index (χ1n) is 8.72. The Morgan fingerprint density at radius 2 is 1.62 bits per heavy atom. The van der Waals surface area contributed by atoms with Gasteiger partial charge in [0.25, 0.3) is 6.02 Å². The summed E-state index contributed by atoms with van der Waals surface area (Å²) in [6.45, 7) is 3.81. The van der Waals surface area contributed by atoms with Crippen molar-refractivity contribution in [1.29, 1.82) is 5.41 Å². The van der Waals surface area contributed by atoms with E-state index >= 15 is 0 Å². The fraction of sp³-hybridized carbons (Fsp3) is 0.300. The summed E-state index contributed by atoms with van der Waals surface area (Å²) in [6, 6.07) is 16.6. The third-order valence-electron chi connectivity index (χ3n) is 4.22. The Hall–Kier alpha value is -3.02. The van der Waals surface area contributed by atoms with Crippen molar-refractivity contribution in [2.45, 2.75) is 20.0 Å². The number of hydrogen-bond donors (Lipinski definition) is 2. The Bertz CT molecular complexity index is 744. The van der Waals surface area contributed by atoms with Gasteiger partial charge in [0.05, 0.1) is 13.2 Å². The molecule has 0 spiro atoms. The molecule has 0 bridgehead atoms. The molecule has 0 unspecified atom stereocenters. The lowest BCUT2D eigenvalue weighted by Crippen LogP contribution is -2.34. The fourth-order valence-corrected chi connectivity index (χ4v) is 3.03. The van der Waals surface area contributed by atoms with Crippen molar-refractivity contribution in [3.8, 4) is 11.1 Å². The van der Waals surface area contributed by atoms with E-state index < -0.39 is 6.09 Å². The van der Waals surface area contributed by atoms with E-state index in [9.17, 15) is 4.79 Å². The minimum atomic E-state index is -0.472. The zero-order chi connectivity index (χ0) is 18.4. The van der Waals surface area contributed by atoms with Crippen molar-refractivity contribution in [2.24, 2.45) is 0 Å². The molecule has 6 heteroatoms. The van der Waals surface area contributed by atoms with Crippen molar-refractivity contribution in [3.05, 3.63) is 59.7 Å². The standard InChI is InChI=1S/C20H23N3O3/c1-2-25-20(24)22-11-12-26-19(21)23-13-15-7-3-5-9-17(15)18-10-6-4-8-16(18)14-23/h3-10,21H,2,11-14H2,1H3,(H,22,24). The Morgan fingerprint density at radius 3 is 2.19 bits per heavy atom. The molecule has 0 saturated carbocycles. The maximum Gasteiger partial charge on any atom is 0.407 e. The molecular weight excluding hydrogens is 330 g/mol. The number of fused-ring (bicyclic) bond motifs is 3. The van der Waals surface area contributed by atoms with Crippen LogP contribution in [0.25, 0.3) is 11.1 Å². The number of carbonyl (C=O) groups is 1. The predicted octanol–water partition coefficient (Wildman–Crippen LogP) is 3.37. The van der Waals surface area contributed by atoms with Crippen LogP contribution < -0.4 is 5.32 Å². The lowest BCUT2D eigenvalue weighted by Gasteiger charge is -2.23. The monoisotopic (exact) mass is 353 g/mol. The Balaban J connectivity index is 1.66. The van der Waals surface area contributed by atoms with Crippen molar-refractivity contribution in [2.75, 3.05) is 19.8 Å². The van der Waals surface area contributed by atoms with Crippen LogP contribution in [-0.4, -0.2) is 36.8 Å². The molecular formula is C20H23N3O3. The normalized spacial score (nSPS) is 12.4. The molecule has 3 rings (SSSR count). The van der Waals surface area contributed by atoms with Crippen molar-refractivity contribution in [1.82, 2.24) is 10.2 Å². The topological polar surface area (TPSA) is 74.6 Å². The summed E-state index contributed by atoms with van der Waals surface area (Å²) in [5.41, 5.74) is 4.72. The highest BCUT2D eigenvalue weighted by Gasteiger charge is 2.21. The average molecular weight is 353 g/mol. The predicted molar refractivity (Wildman–Crippen MR) is 99.8 cm³/mol. The summed E-state index contributed by atoms with van der Waals surface area (Å²) < 4.78 is 10.3. The molecule has 0 aliphatic carbocycles. The third-order valence-corrected chi connectivity index (χ3v) is 4.22. The third kappa shape index (κ3) is 4.14. The van der Waals surface area contributed by atoms with E-state index in [4.69, 9.17) is 14.9 Å². The van der Waals surface area contributed by atoms with Crippen LogP contribution in [0.15, 0.2) is 48.5 Å². The molecule has 0 atom stereocenters. The summed E-state index contributed by atoms with van der Waals surface area (Å²) in [5.74, 6) is 0. The number of benzene rings is 2. The molecule has 0 saturated heterocycles. The van der Waals surface area contributed by atoms with E-state index in [1.54, 1.807) is 6.92 Å². The first-order chi connectivity index (χ1) is 12.7. The number of hydrogen-bond acceptors (Lipinski definition) is 4. The molecule has 0 aromatic heterocycles. The maximum atomic E-state index is 11.3. The minimum Gasteiger partial charge on any atom is -0.463 e. The molecule has 0 radical (unpaired) electrons. The van der Waals surface area contributed by atoms with E-state index in [0.29, 0.717) is 26.2 Å². The first kappa shape index (κ1) is 17.8. The van der Waals surface area contributed by atoms with Gasteiger partial charge in [-0.15, -0.1) is 0 Å². The van der Waals surface area contributed by atoms with E-state index in [2.05, 4.69) is 29.6 Å². The SMILES string of the molecule is CCOC(=O)NCCOC(=N)N1Cc2ccccc2-c2ccccc2C1. The number of carbonyl (C=O) groups excluding carboxylic acids is 1. The van der Waals surface area contributed by atoms with Gasteiger partial charge in [-0.1, -0.05) is 48.5 Å². The van der Waals surface area contributed by atoms with Gasteiger partial charge in [-0.25, -0.2) is 4.79 Å². The molecule has 0 fully saturated rings. The Labute approximate surface area is 153 Å². The van der Waals surface area contributed by atoms with Crippen molar-refractivity contribution < 1.29 is 14.3 Å².